The SMILES string of the molecule is CCNCc1ccc(Sc2ccncn2)c(C)c1. The molecule has 18 heavy (non-hydrogen) atoms. The maximum atomic E-state index is 4.23. The molecule has 94 valence electrons. The van der Waals surface area contributed by atoms with Crippen LogP contribution in [0.5, 0.6) is 0 Å². The molecule has 1 heterocycles. The van der Waals surface area contributed by atoms with E-state index in [4.69, 9.17) is 0 Å². The third-order valence-corrected chi connectivity index (χ3v) is 3.72. The van der Waals surface area contributed by atoms with Gasteiger partial charge in [0.1, 0.15) is 11.4 Å². The molecule has 0 spiro atoms. The van der Waals surface area contributed by atoms with E-state index in [0.29, 0.717) is 0 Å². The van der Waals surface area contributed by atoms with Crippen LogP contribution >= 0.6 is 11.8 Å². The Hall–Kier alpha value is -1.39. The van der Waals surface area contributed by atoms with Crippen LogP contribution in [0.1, 0.15) is 18.1 Å². The predicted molar refractivity (Wildman–Crippen MR) is 74.7 cm³/mol. The molecule has 2 rings (SSSR count). The van der Waals surface area contributed by atoms with Crippen LogP contribution in [0.2, 0.25) is 0 Å². The van der Waals surface area contributed by atoms with Crippen LogP contribution in [-0.4, -0.2) is 16.5 Å². The average Bonchev–Trinajstić information content (AvgIpc) is 2.40. The van der Waals surface area contributed by atoms with Crippen LogP contribution < -0.4 is 5.32 Å². The van der Waals surface area contributed by atoms with Crippen molar-refractivity contribution in [2.24, 2.45) is 0 Å². The highest BCUT2D eigenvalue weighted by Crippen LogP contribution is 2.28. The van der Waals surface area contributed by atoms with Gasteiger partial charge < -0.3 is 5.32 Å². The van der Waals surface area contributed by atoms with Crippen molar-refractivity contribution in [3.63, 3.8) is 0 Å². The zero-order chi connectivity index (χ0) is 12.8. The third kappa shape index (κ3) is 3.55. The van der Waals surface area contributed by atoms with Crippen molar-refractivity contribution in [2.75, 3.05) is 6.54 Å². The Kier molecular flexibility index (Phi) is 4.73. The van der Waals surface area contributed by atoms with Gasteiger partial charge in [-0.2, -0.15) is 0 Å². The molecule has 0 aliphatic heterocycles. The molecule has 0 radical (unpaired) electrons. The highest BCUT2D eigenvalue weighted by Gasteiger charge is 2.03. The number of nitrogens with zero attached hydrogens (tertiary/aromatic N) is 2. The number of aromatic nitrogens is 2. The second-order valence-corrected chi connectivity index (χ2v) is 5.09. The van der Waals surface area contributed by atoms with Crippen molar-refractivity contribution in [2.45, 2.75) is 30.3 Å². The van der Waals surface area contributed by atoms with Crippen LogP contribution in [0.3, 0.4) is 0 Å². The van der Waals surface area contributed by atoms with Crippen molar-refractivity contribution < 1.29 is 0 Å². The molecule has 0 fully saturated rings. The van der Waals surface area contributed by atoms with Crippen LogP contribution in [0, 0.1) is 6.92 Å². The zero-order valence-corrected chi connectivity index (χ0v) is 11.5. The van der Waals surface area contributed by atoms with Crippen LogP contribution in [-0.2, 0) is 6.54 Å². The molecule has 3 nitrogen and oxygen atoms in total. The molecule has 0 saturated carbocycles. The van der Waals surface area contributed by atoms with E-state index in [-0.39, 0.29) is 0 Å². The van der Waals surface area contributed by atoms with Crippen LogP contribution in [0.25, 0.3) is 0 Å². The minimum atomic E-state index is 0.926. The molecule has 0 unspecified atom stereocenters. The molecular weight excluding hydrogens is 242 g/mol. The summed E-state index contributed by atoms with van der Waals surface area (Å²) in [6.45, 7) is 6.18. The molecule has 0 bridgehead atoms. The van der Waals surface area contributed by atoms with Crippen molar-refractivity contribution in [1.82, 2.24) is 15.3 Å². The quantitative estimate of drug-likeness (QED) is 0.838. The summed E-state index contributed by atoms with van der Waals surface area (Å²) in [5, 5.41) is 4.31. The van der Waals surface area contributed by atoms with E-state index < -0.39 is 0 Å². The maximum Gasteiger partial charge on any atom is 0.116 e. The van der Waals surface area contributed by atoms with Gasteiger partial charge in [-0.1, -0.05) is 30.8 Å². The van der Waals surface area contributed by atoms with E-state index in [2.05, 4.69) is 47.3 Å². The lowest BCUT2D eigenvalue weighted by molar-refractivity contribution is 0.726. The van der Waals surface area contributed by atoms with E-state index in [1.807, 2.05) is 6.07 Å². The van der Waals surface area contributed by atoms with E-state index in [1.54, 1.807) is 24.3 Å². The first kappa shape index (κ1) is 13.1. The summed E-state index contributed by atoms with van der Waals surface area (Å²) in [5.41, 5.74) is 2.61. The number of hydrogen-bond acceptors (Lipinski definition) is 4. The normalized spacial score (nSPS) is 10.6. The Morgan fingerprint density at radius 2 is 2.17 bits per heavy atom. The zero-order valence-electron chi connectivity index (χ0n) is 10.7. The molecule has 2 aromatic rings. The monoisotopic (exact) mass is 259 g/mol. The van der Waals surface area contributed by atoms with Gasteiger partial charge in [0.25, 0.3) is 0 Å². The van der Waals surface area contributed by atoms with E-state index >= 15 is 0 Å². The first-order valence-electron chi connectivity index (χ1n) is 6.03. The first-order chi connectivity index (χ1) is 8.79. The van der Waals surface area contributed by atoms with Gasteiger partial charge in [0.15, 0.2) is 0 Å². The maximum absolute atomic E-state index is 4.23. The number of rotatable bonds is 5. The molecular formula is C14H17N3S. The van der Waals surface area contributed by atoms with E-state index in [1.165, 1.54) is 16.0 Å². The summed E-state index contributed by atoms with van der Waals surface area (Å²) in [6.07, 6.45) is 3.35. The summed E-state index contributed by atoms with van der Waals surface area (Å²) < 4.78 is 0. The molecule has 0 amide bonds. The molecule has 0 saturated heterocycles. The highest BCUT2D eigenvalue weighted by atomic mass is 32.2. The molecule has 1 aromatic carbocycles. The number of hydrogen-bond donors (Lipinski definition) is 1. The minimum Gasteiger partial charge on any atom is -0.313 e. The van der Waals surface area contributed by atoms with Crippen LogP contribution in [0.15, 0.2) is 46.7 Å². The molecule has 0 aliphatic rings. The topological polar surface area (TPSA) is 37.8 Å². The predicted octanol–water partition coefficient (Wildman–Crippen LogP) is 3.05. The van der Waals surface area contributed by atoms with Gasteiger partial charge in [0, 0.05) is 17.6 Å². The van der Waals surface area contributed by atoms with Gasteiger partial charge in [-0.15, -0.1) is 0 Å². The van der Waals surface area contributed by atoms with Gasteiger partial charge >= 0.3 is 0 Å². The Labute approximate surface area is 112 Å². The van der Waals surface area contributed by atoms with Crippen molar-refractivity contribution in [3.8, 4) is 0 Å². The van der Waals surface area contributed by atoms with Crippen molar-refractivity contribution >= 4 is 11.8 Å². The Morgan fingerprint density at radius 3 is 2.83 bits per heavy atom. The van der Waals surface area contributed by atoms with Gasteiger partial charge in [0.05, 0.1) is 0 Å². The van der Waals surface area contributed by atoms with Gasteiger partial charge in [-0.25, -0.2) is 9.97 Å². The third-order valence-electron chi connectivity index (χ3n) is 2.59. The lowest BCUT2D eigenvalue weighted by Crippen LogP contribution is -2.11. The molecule has 4 heteroatoms. The standard InChI is InChI=1S/C14H17N3S/c1-3-15-9-12-4-5-13(11(2)8-12)18-14-6-7-16-10-17-14/h4-8,10,15H,3,9H2,1-2H3. The van der Waals surface area contributed by atoms with Crippen molar-refractivity contribution in [1.29, 1.82) is 0 Å². The first-order valence-corrected chi connectivity index (χ1v) is 6.85. The van der Waals surface area contributed by atoms with Gasteiger partial charge in [-0.05, 0) is 36.7 Å². The number of benzene rings is 1. The molecule has 1 aromatic heterocycles. The summed E-state index contributed by atoms with van der Waals surface area (Å²) in [5.74, 6) is 0. The average molecular weight is 259 g/mol. The largest absolute Gasteiger partial charge is 0.313 e. The fourth-order valence-electron chi connectivity index (χ4n) is 1.66. The highest BCUT2D eigenvalue weighted by molar-refractivity contribution is 7.99. The fourth-order valence-corrected chi connectivity index (χ4v) is 2.47. The summed E-state index contributed by atoms with van der Waals surface area (Å²) in [6, 6.07) is 8.48. The van der Waals surface area contributed by atoms with Gasteiger partial charge in [-0.3, -0.25) is 0 Å². The van der Waals surface area contributed by atoms with Crippen molar-refractivity contribution in [3.05, 3.63) is 47.9 Å². The molecule has 1 N–H and O–H groups in total. The smallest absolute Gasteiger partial charge is 0.116 e. The summed E-state index contributed by atoms with van der Waals surface area (Å²) >= 11 is 1.68. The lowest BCUT2D eigenvalue weighted by atomic mass is 10.1. The fraction of sp³-hybridized carbons (Fsp3) is 0.286. The van der Waals surface area contributed by atoms with E-state index in [0.717, 1.165) is 18.1 Å². The summed E-state index contributed by atoms with van der Waals surface area (Å²) in [4.78, 5) is 9.40. The lowest BCUT2D eigenvalue weighted by Gasteiger charge is -2.08. The Balaban J connectivity index is 2.10. The van der Waals surface area contributed by atoms with Gasteiger partial charge in [0.2, 0.25) is 0 Å². The van der Waals surface area contributed by atoms with Crippen LogP contribution in [0.4, 0.5) is 0 Å². The molecule has 0 atom stereocenters. The minimum absolute atomic E-state index is 0.926. The summed E-state index contributed by atoms with van der Waals surface area (Å²) in [7, 11) is 0. The second kappa shape index (κ2) is 6.52. The van der Waals surface area contributed by atoms with E-state index in [9.17, 15) is 0 Å². The second-order valence-electron chi connectivity index (χ2n) is 4.03. The number of aryl methyl sites for hydroxylation is 1. The Morgan fingerprint density at radius 1 is 1.28 bits per heavy atom. The molecule has 0 aliphatic carbocycles. The Bertz CT molecular complexity index is 500. The number of nitrogens with one attached hydrogen (secondary N) is 1.